The number of primary amides is 1. The molecule has 1 aromatic carbocycles. The Morgan fingerprint density at radius 2 is 2.00 bits per heavy atom. The summed E-state index contributed by atoms with van der Waals surface area (Å²) in [5.41, 5.74) is 7.22. The summed E-state index contributed by atoms with van der Waals surface area (Å²) in [6, 6.07) is 10.3. The lowest BCUT2D eigenvalue weighted by Gasteiger charge is -2.12. The molecule has 2 rings (SSSR count). The summed E-state index contributed by atoms with van der Waals surface area (Å²) in [6.45, 7) is 3.54. The fraction of sp³-hybridized carbons (Fsp3) is 0.133. The average molecular weight is 267 g/mol. The van der Waals surface area contributed by atoms with Gasteiger partial charge in [0.2, 0.25) is 0 Å². The van der Waals surface area contributed by atoms with E-state index in [4.69, 9.17) is 10.5 Å². The van der Waals surface area contributed by atoms with Gasteiger partial charge in [-0.15, -0.1) is 0 Å². The van der Waals surface area contributed by atoms with Crippen molar-refractivity contribution >= 4 is 5.91 Å². The maximum absolute atomic E-state index is 11.4. The van der Waals surface area contributed by atoms with Gasteiger partial charge in [0.15, 0.2) is 0 Å². The van der Waals surface area contributed by atoms with Crippen LogP contribution in [0.4, 0.5) is 0 Å². The van der Waals surface area contributed by atoms with Crippen molar-refractivity contribution in [1.82, 2.24) is 4.98 Å². The highest BCUT2D eigenvalue weighted by molar-refractivity contribution is 5.95. The molecule has 0 aliphatic rings. The quantitative estimate of drug-likeness (QED) is 0.925. The summed E-state index contributed by atoms with van der Waals surface area (Å²) < 4.78 is 5.69. The van der Waals surface area contributed by atoms with Crippen LogP contribution in [0.5, 0.6) is 11.5 Å². The minimum absolute atomic E-state index is 0.267. The number of carbonyl (C=O) groups is 1. The molecule has 1 aromatic heterocycles. The second-order valence-electron chi connectivity index (χ2n) is 4.30. The van der Waals surface area contributed by atoms with E-state index >= 15 is 0 Å². The zero-order valence-corrected chi connectivity index (χ0v) is 11.2. The van der Waals surface area contributed by atoms with Crippen molar-refractivity contribution in [2.24, 2.45) is 5.73 Å². The first-order valence-corrected chi connectivity index (χ1v) is 5.98. The molecule has 0 radical (unpaired) electrons. The zero-order chi connectivity index (χ0) is 14.7. The smallest absolute Gasteiger partial charge is 0.252 e. The maximum atomic E-state index is 11.4. The molecule has 0 aliphatic carbocycles. The first-order chi connectivity index (χ1) is 9.52. The van der Waals surface area contributed by atoms with E-state index in [0.717, 1.165) is 5.69 Å². The standard InChI is InChI=1S/C15H13N3O2/c1-9-7-14(12(8-16)10(2)18-9)20-13-6-4-3-5-11(13)15(17)19/h3-7H,1-2H3,(H2,17,19). The van der Waals surface area contributed by atoms with Gasteiger partial charge in [-0.25, -0.2) is 0 Å². The van der Waals surface area contributed by atoms with E-state index in [9.17, 15) is 10.1 Å². The highest BCUT2D eigenvalue weighted by atomic mass is 16.5. The number of nitrogens with zero attached hydrogens (tertiary/aromatic N) is 2. The van der Waals surface area contributed by atoms with Crippen LogP contribution in [0.25, 0.3) is 0 Å². The highest BCUT2D eigenvalue weighted by Gasteiger charge is 2.14. The number of benzene rings is 1. The number of ether oxygens (including phenoxy) is 1. The predicted molar refractivity (Wildman–Crippen MR) is 73.5 cm³/mol. The molecule has 0 bridgehead atoms. The van der Waals surface area contributed by atoms with E-state index in [2.05, 4.69) is 11.1 Å². The number of pyridine rings is 1. The number of aromatic nitrogens is 1. The molecule has 5 heteroatoms. The van der Waals surface area contributed by atoms with Crippen LogP contribution in [0.3, 0.4) is 0 Å². The molecule has 2 aromatic rings. The molecule has 0 aliphatic heterocycles. The van der Waals surface area contributed by atoms with Crippen molar-refractivity contribution in [2.75, 3.05) is 0 Å². The van der Waals surface area contributed by atoms with Crippen molar-refractivity contribution in [3.05, 3.63) is 52.8 Å². The van der Waals surface area contributed by atoms with E-state index in [1.165, 1.54) is 0 Å². The lowest BCUT2D eigenvalue weighted by Crippen LogP contribution is -2.12. The van der Waals surface area contributed by atoms with Gasteiger partial charge < -0.3 is 10.5 Å². The number of hydrogen-bond acceptors (Lipinski definition) is 4. The van der Waals surface area contributed by atoms with Gasteiger partial charge in [-0.3, -0.25) is 9.78 Å². The van der Waals surface area contributed by atoms with Crippen LogP contribution in [0.15, 0.2) is 30.3 Å². The largest absolute Gasteiger partial charge is 0.455 e. The first kappa shape index (κ1) is 13.6. The molecule has 0 fully saturated rings. The number of carbonyl (C=O) groups excluding carboxylic acids is 1. The molecule has 2 N–H and O–H groups in total. The second-order valence-corrected chi connectivity index (χ2v) is 4.30. The number of amides is 1. The third-order valence-electron chi connectivity index (χ3n) is 2.78. The highest BCUT2D eigenvalue weighted by Crippen LogP contribution is 2.29. The minimum atomic E-state index is -0.582. The Bertz CT molecular complexity index is 718. The van der Waals surface area contributed by atoms with E-state index in [1.807, 2.05) is 0 Å². The van der Waals surface area contributed by atoms with E-state index in [0.29, 0.717) is 22.8 Å². The number of hydrogen-bond donors (Lipinski definition) is 1. The molecule has 100 valence electrons. The van der Waals surface area contributed by atoms with Crippen molar-refractivity contribution in [2.45, 2.75) is 13.8 Å². The Labute approximate surface area is 116 Å². The lowest BCUT2D eigenvalue weighted by atomic mass is 10.1. The Hall–Kier alpha value is -2.87. The molecule has 0 atom stereocenters. The summed E-state index contributed by atoms with van der Waals surface area (Å²) in [5, 5.41) is 9.19. The topological polar surface area (TPSA) is 89.0 Å². The second kappa shape index (κ2) is 5.41. The Morgan fingerprint density at radius 1 is 1.30 bits per heavy atom. The molecule has 0 unspecified atom stereocenters. The lowest BCUT2D eigenvalue weighted by molar-refractivity contribution is 0.0998. The fourth-order valence-corrected chi connectivity index (χ4v) is 1.89. The fourth-order valence-electron chi connectivity index (χ4n) is 1.89. The molecule has 0 spiro atoms. The third kappa shape index (κ3) is 2.59. The van der Waals surface area contributed by atoms with Gasteiger partial charge in [0, 0.05) is 11.8 Å². The molecule has 0 saturated heterocycles. The number of aryl methyl sites for hydroxylation is 2. The molecular formula is C15H13N3O2. The summed E-state index contributed by atoms with van der Waals surface area (Å²) >= 11 is 0. The average Bonchev–Trinajstić information content (AvgIpc) is 2.38. The predicted octanol–water partition coefficient (Wildman–Crippen LogP) is 2.46. The van der Waals surface area contributed by atoms with Crippen LogP contribution in [0.2, 0.25) is 0 Å². The van der Waals surface area contributed by atoms with E-state index in [-0.39, 0.29) is 5.56 Å². The van der Waals surface area contributed by atoms with Gasteiger partial charge in [-0.05, 0) is 26.0 Å². The molecule has 5 nitrogen and oxygen atoms in total. The van der Waals surface area contributed by atoms with Crippen molar-refractivity contribution in [3.8, 4) is 17.6 Å². The number of rotatable bonds is 3. The van der Waals surface area contributed by atoms with Crippen LogP contribution in [0.1, 0.15) is 27.3 Å². The molecule has 1 heterocycles. The number of nitriles is 1. The summed E-state index contributed by atoms with van der Waals surface area (Å²) in [6.07, 6.45) is 0. The molecule has 20 heavy (non-hydrogen) atoms. The minimum Gasteiger partial charge on any atom is -0.455 e. The van der Waals surface area contributed by atoms with Gasteiger partial charge in [0.25, 0.3) is 5.91 Å². The van der Waals surface area contributed by atoms with Gasteiger partial charge in [-0.2, -0.15) is 5.26 Å². The zero-order valence-electron chi connectivity index (χ0n) is 11.2. The SMILES string of the molecule is Cc1cc(Oc2ccccc2C(N)=O)c(C#N)c(C)n1. The first-order valence-electron chi connectivity index (χ1n) is 5.98. The Kier molecular flexibility index (Phi) is 3.67. The van der Waals surface area contributed by atoms with Crippen LogP contribution in [-0.2, 0) is 0 Å². The third-order valence-corrected chi connectivity index (χ3v) is 2.78. The van der Waals surface area contributed by atoms with Crippen molar-refractivity contribution in [1.29, 1.82) is 5.26 Å². The molecular weight excluding hydrogens is 254 g/mol. The Morgan fingerprint density at radius 3 is 2.65 bits per heavy atom. The van der Waals surface area contributed by atoms with Crippen molar-refractivity contribution in [3.63, 3.8) is 0 Å². The Balaban J connectivity index is 2.51. The van der Waals surface area contributed by atoms with Gasteiger partial charge in [0.05, 0.1) is 11.3 Å². The summed E-state index contributed by atoms with van der Waals surface area (Å²) in [7, 11) is 0. The number of nitrogens with two attached hydrogens (primary N) is 1. The van der Waals surface area contributed by atoms with Gasteiger partial charge in [-0.1, -0.05) is 12.1 Å². The van der Waals surface area contributed by atoms with Gasteiger partial charge >= 0.3 is 0 Å². The van der Waals surface area contributed by atoms with Crippen LogP contribution in [-0.4, -0.2) is 10.9 Å². The van der Waals surface area contributed by atoms with Crippen molar-refractivity contribution < 1.29 is 9.53 Å². The van der Waals surface area contributed by atoms with Crippen LogP contribution < -0.4 is 10.5 Å². The maximum Gasteiger partial charge on any atom is 0.252 e. The van der Waals surface area contributed by atoms with Gasteiger partial charge in [0.1, 0.15) is 23.1 Å². The number of para-hydroxylation sites is 1. The van der Waals surface area contributed by atoms with Crippen LogP contribution >= 0.6 is 0 Å². The normalized spacial score (nSPS) is 9.85. The monoisotopic (exact) mass is 267 g/mol. The molecule has 0 saturated carbocycles. The molecule has 1 amide bonds. The van der Waals surface area contributed by atoms with Crippen LogP contribution in [0, 0.1) is 25.2 Å². The van der Waals surface area contributed by atoms with E-state index < -0.39 is 5.91 Å². The van der Waals surface area contributed by atoms with E-state index in [1.54, 1.807) is 44.2 Å². The summed E-state index contributed by atoms with van der Waals surface area (Å²) in [5.74, 6) is 0.106. The summed E-state index contributed by atoms with van der Waals surface area (Å²) in [4.78, 5) is 15.6.